The number of aromatic amines is 1. The van der Waals surface area contributed by atoms with Crippen LogP contribution in [0.3, 0.4) is 0 Å². The van der Waals surface area contributed by atoms with E-state index in [0.29, 0.717) is 6.42 Å². The minimum absolute atomic E-state index is 0.340. The molecule has 0 fully saturated rings. The highest BCUT2D eigenvalue weighted by Crippen LogP contribution is 2.29. The number of fused-ring (bicyclic) bond motifs is 1. The van der Waals surface area contributed by atoms with Crippen molar-refractivity contribution in [1.82, 2.24) is 4.98 Å². The Kier molecular flexibility index (Phi) is 3.40. The molecule has 1 aromatic carbocycles. The molecule has 90 valence electrons. The van der Waals surface area contributed by atoms with Crippen molar-refractivity contribution >= 4 is 28.6 Å². The molecule has 0 aliphatic carbocycles. The van der Waals surface area contributed by atoms with Crippen molar-refractivity contribution in [1.29, 1.82) is 0 Å². The quantitative estimate of drug-likeness (QED) is 0.723. The molecule has 0 amide bonds. The van der Waals surface area contributed by atoms with Crippen molar-refractivity contribution in [3.63, 3.8) is 0 Å². The first-order valence-corrected chi connectivity index (χ1v) is 6.47. The molecule has 0 bridgehead atoms. The zero-order valence-corrected chi connectivity index (χ0v) is 10.3. The van der Waals surface area contributed by atoms with E-state index in [1.54, 1.807) is 11.8 Å². The maximum atomic E-state index is 10.8. The zero-order valence-electron chi connectivity index (χ0n) is 9.43. The van der Waals surface area contributed by atoms with Gasteiger partial charge in [-0.3, -0.25) is 4.79 Å². The number of hydrogen-bond acceptors (Lipinski definition) is 3. The van der Waals surface area contributed by atoms with Crippen LogP contribution in [-0.2, 0) is 11.2 Å². The molecule has 0 saturated heterocycles. The van der Waals surface area contributed by atoms with Crippen LogP contribution >= 0.6 is 11.8 Å². The standard InChI is InChI=1S/C12H14N2O2S/c1-17-10-4-2-3-9-11(10)7(6-14-9)5-8(13)12(15)16/h2-4,6,8,14H,5,13H2,1H3,(H,15,16)/t8-/m0/s1. The zero-order chi connectivity index (χ0) is 12.4. The molecule has 0 saturated carbocycles. The predicted molar refractivity (Wildman–Crippen MR) is 69.4 cm³/mol. The maximum Gasteiger partial charge on any atom is 0.320 e. The lowest BCUT2D eigenvalue weighted by Crippen LogP contribution is -2.32. The minimum atomic E-state index is -0.971. The van der Waals surface area contributed by atoms with Gasteiger partial charge in [0.15, 0.2) is 0 Å². The molecule has 0 unspecified atom stereocenters. The Bertz CT molecular complexity index is 550. The fraction of sp³-hybridized carbons (Fsp3) is 0.250. The van der Waals surface area contributed by atoms with Gasteiger partial charge in [0.1, 0.15) is 6.04 Å². The summed E-state index contributed by atoms with van der Waals surface area (Å²) in [4.78, 5) is 15.1. The molecule has 2 rings (SSSR count). The number of carbonyl (C=O) groups is 1. The highest BCUT2D eigenvalue weighted by atomic mass is 32.2. The molecule has 0 spiro atoms. The molecule has 0 radical (unpaired) electrons. The van der Waals surface area contributed by atoms with E-state index in [-0.39, 0.29) is 0 Å². The number of thioether (sulfide) groups is 1. The van der Waals surface area contributed by atoms with Gasteiger partial charge in [0.25, 0.3) is 0 Å². The van der Waals surface area contributed by atoms with Gasteiger partial charge in [-0.15, -0.1) is 11.8 Å². The number of nitrogens with two attached hydrogens (primary N) is 1. The van der Waals surface area contributed by atoms with E-state index in [1.165, 1.54) is 0 Å². The Morgan fingerprint density at radius 3 is 3.00 bits per heavy atom. The Hall–Kier alpha value is -1.46. The number of carboxylic acid groups (broad SMARTS) is 1. The monoisotopic (exact) mass is 250 g/mol. The second-order valence-electron chi connectivity index (χ2n) is 3.85. The topological polar surface area (TPSA) is 79.1 Å². The van der Waals surface area contributed by atoms with Gasteiger partial charge < -0.3 is 15.8 Å². The second kappa shape index (κ2) is 4.81. The first-order valence-electron chi connectivity index (χ1n) is 5.25. The van der Waals surface area contributed by atoms with Gasteiger partial charge in [0, 0.05) is 28.4 Å². The molecule has 1 aromatic heterocycles. The van der Waals surface area contributed by atoms with Gasteiger partial charge in [0.2, 0.25) is 0 Å². The lowest BCUT2D eigenvalue weighted by atomic mass is 10.1. The van der Waals surface area contributed by atoms with Crippen molar-refractivity contribution < 1.29 is 9.90 Å². The highest BCUT2D eigenvalue weighted by molar-refractivity contribution is 7.98. The first kappa shape index (κ1) is 12.0. The van der Waals surface area contributed by atoms with Crippen LogP contribution in [0.15, 0.2) is 29.3 Å². The van der Waals surface area contributed by atoms with Crippen molar-refractivity contribution in [2.45, 2.75) is 17.4 Å². The second-order valence-corrected chi connectivity index (χ2v) is 4.69. The largest absolute Gasteiger partial charge is 0.480 e. The molecule has 0 aliphatic rings. The normalized spacial score (nSPS) is 12.8. The molecule has 1 heterocycles. The minimum Gasteiger partial charge on any atom is -0.480 e. The van der Waals surface area contributed by atoms with Gasteiger partial charge in [-0.2, -0.15) is 0 Å². The number of hydrogen-bond donors (Lipinski definition) is 3. The summed E-state index contributed by atoms with van der Waals surface area (Å²) in [7, 11) is 0. The number of aliphatic carboxylic acids is 1. The Labute approximate surface area is 103 Å². The molecular formula is C12H14N2O2S. The van der Waals surface area contributed by atoms with E-state index in [2.05, 4.69) is 4.98 Å². The summed E-state index contributed by atoms with van der Waals surface area (Å²) in [6.45, 7) is 0. The maximum absolute atomic E-state index is 10.8. The highest BCUT2D eigenvalue weighted by Gasteiger charge is 2.16. The lowest BCUT2D eigenvalue weighted by molar-refractivity contribution is -0.138. The van der Waals surface area contributed by atoms with Crippen LogP contribution < -0.4 is 5.73 Å². The van der Waals surface area contributed by atoms with Gasteiger partial charge in [-0.25, -0.2) is 0 Å². The van der Waals surface area contributed by atoms with Crippen LogP contribution in [0.25, 0.3) is 10.9 Å². The van der Waals surface area contributed by atoms with Gasteiger partial charge >= 0.3 is 5.97 Å². The number of aromatic nitrogens is 1. The fourth-order valence-corrected chi connectivity index (χ4v) is 2.53. The van der Waals surface area contributed by atoms with Crippen LogP contribution in [0.4, 0.5) is 0 Å². The van der Waals surface area contributed by atoms with Crippen LogP contribution in [0.2, 0.25) is 0 Å². The smallest absolute Gasteiger partial charge is 0.320 e. The third-order valence-electron chi connectivity index (χ3n) is 2.73. The Balaban J connectivity index is 2.44. The van der Waals surface area contributed by atoms with E-state index in [4.69, 9.17) is 10.8 Å². The van der Waals surface area contributed by atoms with E-state index in [9.17, 15) is 4.79 Å². The van der Waals surface area contributed by atoms with E-state index in [0.717, 1.165) is 21.4 Å². The van der Waals surface area contributed by atoms with E-state index in [1.807, 2.05) is 30.7 Å². The molecule has 2 aromatic rings. The van der Waals surface area contributed by atoms with Gasteiger partial charge in [-0.1, -0.05) is 6.07 Å². The van der Waals surface area contributed by atoms with Crippen LogP contribution in [0.1, 0.15) is 5.56 Å². The van der Waals surface area contributed by atoms with Crippen molar-refractivity contribution in [2.75, 3.05) is 6.26 Å². The number of rotatable bonds is 4. The summed E-state index contributed by atoms with van der Waals surface area (Å²) in [5.41, 5.74) is 7.55. The molecule has 17 heavy (non-hydrogen) atoms. The number of nitrogens with one attached hydrogen (secondary N) is 1. The number of carboxylic acids is 1. The Morgan fingerprint density at radius 1 is 1.59 bits per heavy atom. The van der Waals surface area contributed by atoms with Crippen molar-refractivity contribution in [2.24, 2.45) is 5.73 Å². The summed E-state index contributed by atoms with van der Waals surface area (Å²) in [6, 6.07) is 5.12. The van der Waals surface area contributed by atoms with Crippen molar-refractivity contribution in [3.05, 3.63) is 30.0 Å². The third-order valence-corrected chi connectivity index (χ3v) is 3.51. The molecule has 5 heteroatoms. The van der Waals surface area contributed by atoms with Crippen molar-refractivity contribution in [3.8, 4) is 0 Å². The fourth-order valence-electron chi connectivity index (χ4n) is 1.87. The third kappa shape index (κ3) is 2.30. The molecule has 1 atom stereocenters. The molecule has 4 N–H and O–H groups in total. The predicted octanol–water partition coefficient (Wildman–Crippen LogP) is 1.84. The molecular weight excluding hydrogens is 236 g/mol. The van der Waals surface area contributed by atoms with E-state index < -0.39 is 12.0 Å². The number of H-pyrrole nitrogens is 1. The summed E-state index contributed by atoms with van der Waals surface area (Å²) >= 11 is 1.64. The van der Waals surface area contributed by atoms with E-state index >= 15 is 0 Å². The average Bonchev–Trinajstić information content (AvgIpc) is 2.72. The van der Waals surface area contributed by atoms with Crippen LogP contribution in [0.5, 0.6) is 0 Å². The summed E-state index contributed by atoms with van der Waals surface area (Å²) in [6.07, 6.45) is 4.18. The summed E-state index contributed by atoms with van der Waals surface area (Å²) < 4.78 is 0. The lowest BCUT2D eigenvalue weighted by Gasteiger charge is -2.06. The summed E-state index contributed by atoms with van der Waals surface area (Å²) in [5, 5.41) is 9.92. The number of benzene rings is 1. The summed E-state index contributed by atoms with van der Waals surface area (Å²) in [5.74, 6) is -0.971. The Morgan fingerprint density at radius 2 is 2.35 bits per heavy atom. The van der Waals surface area contributed by atoms with Crippen LogP contribution in [-0.4, -0.2) is 28.4 Å². The van der Waals surface area contributed by atoms with Gasteiger partial charge in [0.05, 0.1) is 0 Å². The first-order chi connectivity index (χ1) is 8.13. The average molecular weight is 250 g/mol. The molecule has 0 aliphatic heterocycles. The molecule has 4 nitrogen and oxygen atoms in total. The van der Waals surface area contributed by atoms with Crippen LogP contribution in [0, 0.1) is 0 Å². The van der Waals surface area contributed by atoms with Gasteiger partial charge in [-0.05, 0) is 24.0 Å². The SMILES string of the molecule is CSc1cccc2[nH]cc(C[C@H](N)C(=O)O)c12.